The van der Waals surface area contributed by atoms with Crippen molar-refractivity contribution < 1.29 is 14.6 Å². The van der Waals surface area contributed by atoms with E-state index in [2.05, 4.69) is 13.5 Å². The summed E-state index contributed by atoms with van der Waals surface area (Å²) in [5.74, 6) is -0.359. The van der Waals surface area contributed by atoms with Gasteiger partial charge in [-0.15, -0.1) is 0 Å². The lowest BCUT2D eigenvalue weighted by atomic mass is 10.1. The fourth-order valence-electron chi connectivity index (χ4n) is 1.91. The first-order chi connectivity index (χ1) is 9.61. The van der Waals surface area contributed by atoms with Crippen LogP contribution in [0.2, 0.25) is 0 Å². The molecule has 3 nitrogen and oxygen atoms in total. The number of carbonyl (C=O) groups is 1. The molecule has 0 aliphatic rings. The number of hydrogen-bond donors (Lipinski definition) is 1. The van der Waals surface area contributed by atoms with Crippen molar-refractivity contribution in [3.8, 4) is 0 Å². The van der Waals surface area contributed by atoms with Crippen LogP contribution in [0.3, 0.4) is 0 Å². The molecule has 20 heavy (non-hydrogen) atoms. The average molecular weight is 282 g/mol. The van der Waals surface area contributed by atoms with Gasteiger partial charge in [0, 0.05) is 5.57 Å². The minimum atomic E-state index is -0.420. The highest BCUT2D eigenvalue weighted by Gasteiger charge is 2.05. The van der Waals surface area contributed by atoms with Crippen LogP contribution in [0.5, 0.6) is 0 Å². The molecule has 0 aromatic rings. The van der Waals surface area contributed by atoms with E-state index in [1.165, 1.54) is 32.1 Å². The summed E-state index contributed by atoms with van der Waals surface area (Å²) < 4.78 is 4.84. The highest BCUT2D eigenvalue weighted by atomic mass is 16.5. The Kier molecular flexibility index (Phi) is 12.2. The van der Waals surface area contributed by atoms with Gasteiger partial charge in [0.1, 0.15) is 0 Å². The van der Waals surface area contributed by atoms with Crippen LogP contribution in [0.1, 0.15) is 65.2 Å². The lowest BCUT2D eigenvalue weighted by Gasteiger charge is -2.06. The molecule has 0 aromatic heterocycles. The third kappa shape index (κ3) is 10.8. The zero-order valence-corrected chi connectivity index (χ0v) is 13.1. The topological polar surface area (TPSA) is 46.5 Å². The molecular weight excluding hydrogens is 252 g/mol. The van der Waals surface area contributed by atoms with E-state index in [1.807, 2.05) is 0 Å². The first-order valence-corrected chi connectivity index (χ1v) is 7.81. The van der Waals surface area contributed by atoms with Gasteiger partial charge in [-0.25, -0.2) is 4.79 Å². The number of carbonyl (C=O) groups excluding carboxylic acids is 1. The van der Waals surface area contributed by atoms with Gasteiger partial charge < -0.3 is 9.84 Å². The summed E-state index contributed by atoms with van der Waals surface area (Å²) in [7, 11) is 0. The number of aliphatic hydroxyl groups is 1. The van der Waals surface area contributed by atoms with Crippen LogP contribution in [-0.2, 0) is 9.53 Å². The molecule has 0 aliphatic carbocycles. The van der Waals surface area contributed by atoms with Crippen LogP contribution in [0.4, 0.5) is 0 Å². The van der Waals surface area contributed by atoms with E-state index in [4.69, 9.17) is 4.74 Å². The third-order valence-electron chi connectivity index (χ3n) is 3.14. The lowest BCUT2D eigenvalue weighted by molar-refractivity contribution is -0.138. The molecule has 0 bridgehead atoms. The van der Waals surface area contributed by atoms with Crippen molar-refractivity contribution in [3.05, 3.63) is 24.3 Å². The van der Waals surface area contributed by atoms with Crippen LogP contribution in [0, 0.1) is 0 Å². The first kappa shape index (κ1) is 18.9. The molecule has 116 valence electrons. The van der Waals surface area contributed by atoms with Gasteiger partial charge in [-0.05, 0) is 19.8 Å². The molecule has 1 N–H and O–H groups in total. The molecule has 0 fully saturated rings. The number of ether oxygens (including phenoxy) is 1. The fourth-order valence-corrected chi connectivity index (χ4v) is 1.91. The number of aliphatic hydroxyl groups excluding tert-OH is 1. The summed E-state index contributed by atoms with van der Waals surface area (Å²) in [5, 5.41) is 9.77. The highest BCUT2D eigenvalue weighted by molar-refractivity contribution is 5.87. The van der Waals surface area contributed by atoms with Crippen LogP contribution in [-0.4, -0.2) is 23.8 Å². The molecule has 1 atom stereocenters. The maximum atomic E-state index is 11.3. The SMILES string of the molecule is C=C(C/C=C/[C@@H](O)CCCCCCCC)C(=O)OCC. The maximum absolute atomic E-state index is 11.3. The molecule has 3 heteroatoms. The van der Waals surface area contributed by atoms with Crippen molar-refractivity contribution in [2.45, 2.75) is 71.3 Å². The quantitative estimate of drug-likeness (QED) is 0.253. The van der Waals surface area contributed by atoms with Crippen molar-refractivity contribution in [2.75, 3.05) is 6.61 Å². The summed E-state index contributed by atoms with van der Waals surface area (Å²) in [6.07, 6.45) is 11.7. The van der Waals surface area contributed by atoms with E-state index >= 15 is 0 Å². The second-order valence-corrected chi connectivity index (χ2v) is 5.08. The largest absolute Gasteiger partial charge is 0.463 e. The summed E-state index contributed by atoms with van der Waals surface area (Å²) in [5.41, 5.74) is 0.426. The predicted octanol–water partition coefficient (Wildman–Crippen LogP) is 4.16. The summed E-state index contributed by atoms with van der Waals surface area (Å²) >= 11 is 0. The van der Waals surface area contributed by atoms with Crippen LogP contribution in [0.15, 0.2) is 24.3 Å². The summed E-state index contributed by atoms with van der Waals surface area (Å²) in [6, 6.07) is 0. The van der Waals surface area contributed by atoms with E-state index in [0.29, 0.717) is 18.6 Å². The molecule has 0 rings (SSSR count). The smallest absolute Gasteiger partial charge is 0.333 e. The molecular formula is C17H30O3. The highest BCUT2D eigenvalue weighted by Crippen LogP contribution is 2.10. The van der Waals surface area contributed by atoms with Crippen molar-refractivity contribution >= 4 is 5.97 Å². The normalized spacial score (nSPS) is 12.6. The Labute approximate surface area is 123 Å². The van der Waals surface area contributed by atoms with Crippen LogP contribution < -0.4 is 0 Å². The summed E-state index contributed by atoms with van der Waals surface area (Å²) in [6.45, 7) is 8.01. The van der Waals surface area contributed by atoms with E-state index < -0.39 is 6.10 Å². The van der Waals surface area contributed by atoms with Crippen molar-refractivity contribution in [1.82, 2.24) is 0 Å². The molecule has 0 unspecified atom stereocenters. The Morgan fingerprint density at radius 2 is 1.85 bits per heavy atom. The standard InChI is InChI=1S/C17H30O3/c1-4-6-7-8-9-10-13-16(18)14-11-12-15(3)17(19)20-5-2/h11,14,16,18H,3-10,12-13H2,1-2H3/b14-11+/t16-/m0/s1. The second kappa shape index (κ2) is 12.9. The zero-order valence-electron chi connectivity index (χ0n) is 13.1. The zero-order chi connectivity index (χ0) is 15.2. The van der Waals surface area contributed by atoms with Gasteiger partial charge in [0.05, 0.1) is 12.7 Å². The lowest BCUT2D eigenvalue weighted by Crippen LogP contribution is -2.06. The Balaban J connectivity index is 3.64. The van der Waals surface area contributed by atoms with Gasteiger partial charge in [-0.1, -0.05) is 64.2 Å². The van der Waals surface area contributed by atoms with E-state index in [1.54, 1.807) is 19.1 Å². The number of unbranched alkanes of at least 4 members (excludes halogenated alkanes) is 5. The molecule has 0 aromatic carbocycles. The molecule has 0 spiro atoms. The fraction of sp³-hybridized carbons (Fsp3) is 0.706. The molecule has 0 saturated heterocycles. The minimum absolute atomic E-state index is 0.359. The predicted molar refractivity (Wildman–Crippen MR) is 83.5 cm³/mol. The Morgan fingerprint density at radius 1 is 1.20 bits per heavy atom. The van der Waals surface area contributed by atoms with Gasteiger partial charge in [0.25, 0.3) is 0 Å². The van der Waals surface area contributed by atoms with E-state index in [0.717, 1.165) is 12.8 Å². The minimum Gasteiger partial charge on any atom is -0.463 e. The first-order valence-electron chi connectivity index (χ1n) is 7.81. The van der Waals surface area contributed by atoms with Crippen LogP contribution in [0.25, 0.3) is 0 Å². The Bertz CT molecular complexity index is 295. The monoisotopic (exact) mass is 282 g/mol. The molecule has 0 saturated carbocycles. The summed E-state index contributed by atoms with van der Waals surface area (Å²) in [4.78, 5) is 11.3. The van der Waals surface area contributed by atoms with Crippen molar-refractivity contribution in [2.24, 2.45) is 0 Å². The Hall–Kier alpha value is -1.09. The number of rotatable bonds is 12. The Morgan fingerprint density at radius 3 is 2.50 bits per heavy atom. The van der Waals surface area contributed by atoms with Gasteiger partial charge in [0.2, 0.25) is 0 Å². The molecule has 0 radical (unpaired) electrons. The van der Waals surface area contributed by atoms with E-state index in [9.17, 15) is 9.90 Å². The molecule has 0 amide bonds. The molecule has 0 aliphatic heterocycles. The van der Waals surface area contributed by atoms with Gasteiger partial charge in [-0.2, -0.15) is 0 Å². The van der Waals surface area contributed by atoms with Gasteiger partial charge >= 0.3 is 5.97 Å². The number of hydrogen-bond acceptors (Lipinski definition) is 3. The molecule has 0 heterocycles. The third-order valence-corrected chi connectivity index (χ3v) is 3.14. The van der Waals surface area contributed by atoms with E-state index in [-0.39, 0.29) is 5.97 Å². The van der Waals surface area contributed by atoms with Crippen molar-refractivity contribution in [3.63, 3.8) is 0 Å². The van der Waals surface area contributed by atoms with Crippen molar-refractivity contribution in [1.29, 1.82) is 0 Å². The number of esters is 1. The maximum Gasteiger partial charge on any atom is 0.333 e. The second-order valence-electron chi connectivity index (χ2n) is 5.08. The number of allylic oxidation sites excluding steroid dienone is 1. The van der Waals surface area contributed by atoms with Gasteiger partial charge in [0.15, 0.2) is 0 Å². The average Bonchev–Trinajstić information content (AvgIpc) is 2.42. The van der Waals surface area contributed by atoms with Gasteiger partial charge in [-0.3, -0.25) is 0 Å². The van der Waals surface area contributed by atoms with Crippen LogP contribution >= 0.6 is 0 Å².